The van der Waals surface area contributed by atoms with Gasteiger partial charge < -0.3 is 10.6 Å². The maximum atomic E-state index is 12.5. The van der Waals surface area contributed by atoms with E-state index in [4.69, 9.17) is 5.73 Å². The van der Waals surface area contributed by atoms with Gasteiger partial charge in [-0.15, -0.1) is 0 Å². The molecule has 1 unspecified atom stereocenters. The van der Waals surface area contributed by atoms with Crippen molar-refractivity contribution in [2.24, 2.45) is 5.73 Å². The van der Waals surface area contributed by atoms with Crippen molar-refractivity contribution in [2.75, 3.05) is 13.1 Å². The summed E-state index contributed by atoms with van der Waals surface area (Å²) in [6.07, 6.45) is 3.75. The lowest BCUT2D eigenvalue weighted by atomic mass is 10.1. The Kier molecular flexibility index (Phi) is 4.43. The van der Waals surface area contributed by atoms with Crippen LogP contribution < -0.4 is 11.3 Å². The molecule has 0 radical (unpaired) electrons. The smallest absolute Gasteiger partial charge is 0.261 e. The summed E-state index contributed by atoms with van der Waals surface area (Å²) in [7, 11) is 0. The van der Waals surface area contributed by atoms with E-state index in [0.717, 1.165) is 30.5 Å². The lowest BCUT2D eigenvalue weighted by molar-refractivity contribution is -0.132. The van der Waals surface area contributed by atoms with Gasteiger partial charge in [0.15, 0.2) is 0 Å². The van der Waals surface area contributed by atoms with Crippen LogP contribution in [0.1, 0.15) is 24.8 Å². The molecule has 1 aliphatic heterocycles. The number of piperidine rings is 1. The van der Waals surface area contributed by atoms with Gasteiger partial charge in [-0.25, -0.2) is 4.98 Å². The van der Waals surface area contributed by atoms with E-state index in [2.05, 4.69) is 4.98 Å². The van der Waals surface area contributed by atoms with Gasteiger partial charge in [0, 0.05) is 32.1 Å². The second-order valence-electron chi connectivity index (χ2n) is 6.21. The number of hydrogen-bond donors (Lipinski definition) is 1. The van der Waals surface area contributed by atoms with Crippen molar-refractivity contribution in [3.05, 3.63) is 40.4 Å². The van der Waals surface area contributed by atoms with E-state index in [9.17, 15) is 9.59 Å². The number of aromatic nitrogens is 2. The van der Waals surface area contributed by atoms with Crippen molar-refractivity contribution < 1.29 is 4.79 Å². The third kappa shape index (κ3) is 3.27. The Labute approximate surface area is 134 Å². The minimum Gasteiger partial charge on any atom is -0.341 e. The van der Waals surface area contributed by atoms with Crippen molar-refractivity contribution in [3.8, 4) is 0 Å². The highest BCUT2D eigenvalue weighted by molar-refractivity contribution is 5.80. The summed E-state index contributed by atoms with van der Waals surface area (Å²) in [6.45, 7) is 3.65. The first-order chi connectivity index (χ1) is 11.1. The Hall–Kier alpha value is -2.21. The average molecular weight is 314 g/mol. The van der Waals surface area contributed by atoms with Gasteiger partial charge in [-0.2, -0.15) is 0 Å². The second-order valence-corrected chi connectivity index (χ2v) is 6.21. The van der Waals surface area contributed by atoms with Gasteiger partial charge >= 0.3 is 0 Å². The normalized spacial score (nSPS) is 18.3. The number of benzene rings is 1. The van der Waals surface area contributed by atoms with Crippen LogP contribution in [0.4, 0.5) is 0 Å². The zero-order valence-electron chi connectivity index (χ0n) is 13.4. The van der Waals surface area contributed by atoms with Crippen molar-refractivity contribution in [3.63, 3.8) is 0 Å². The average Bonchev–Trinajstić information content (AvgIpc) is 2.55. The molecule has 2 heterocycles. The number of amides is 1. The Bertz CT molecular complexity index is 784. The number of aryl methyl sites for hydroxylation is 2. The molecule has 1 saturated heterocycles. The molecule has 1 aromatic heterocycles. The Morgan fingerprint density at radius 1 is 1.43 bits per heavy atom. The van der Waals surface area contributed by atoms with Gasteiger partial charge in [0.1, 0.15) is 0 Å². The van der Waals surface area contributed by atoms with Crippen LogP contribution in [0.5, 0.6) is 0 Å². The second kappa shape index (κ2) is 6.50. The summed E-state index contributed by atoms with van der Waals surface area (Å²) < 4.78 is 1.52. The molecule has 1 amide bonds. The zero-order chi connectivity index (χ0) is 16.4. The van der Waals surface area contributed by atoms with Crippen LogP contribution in [0.25, 0.3) is 10.9 Å². The predicted octanol–water partition coefficient (Wildman–Crippen LogP) is 1.04. The summed E-state index contributed by atoms with van der Waals surface area (Å²) in [5.41, 5.74) is 7.52. The molecule has 1 atom stereocenters. The SMILES string of the molecule is Cc1cccc2c(=O)n(CCC(=O)N3CCCC(N)C3)cnc12. The Morgan fingerprint density at radius 3 is 3.04 bits per heavy atom. The molecule has 1 aliphatic rings. The molecule has 3 rings (SSSR count). The van der Waals surface area contributed by atoms with Gasteiger partial charge in [-0.3, -0.25) is 14.2 Å². The third-order valence-corrected chi connectivity index (χ3v) is 4.43. The summed E-state index contributed by atoms with van der Waals surface area (Å²) >= 11 is 0. The quantitative estimate of drug-likeness (QED) is 0.918. The standard InChI is InChI=1S/C17H22N4O2/c1-12-4-2-6-14-16(12)19-11-21(17(14)23)9-7-15(22)20-8-3-5-13(18)10-20/h2,4,6,11,13H,3,5,7-10,18H2,1H3. The molecule has 0 spiro atoms. The number of carbonyl (C=O) groups excluding carboxylic acids is 1. The van der Waals surface area contributed by atoms with Crippen LogP contribution in [0.2, 0.25) is 0 Å². The fourth-order valence-corrected chi connectivity index (χ4v) is 3.11. The van der Waals surface area contributed by atoms with Crippen molar-refractivity contribution in [1.29, 1.82) is 0 Å². The molecule has 1 aromatic carbocycles. The van der Waals surface area contributed by atoms with Gasteiger partial charge in [-0.1, -0.05) is 12.1 Å². The summed E-state index contributed by atoms with van der Waals surface area (Å²) in [6, 6.07) is 5.63. The summed E-state index contributed by atoms with van der Waals surface area (Å²) in [4.78, 5) is 30.9. The van der Waals surface area contributed by atoms with E-state index in [1.165, 1.54) is 10.9 Å². The van der Waals surface area contributed by atoms with Crippen LogP contribution >= 0.6 is 0 Å². The van der Waals surface area contributed by atoms with Crippen molar-refractivity contribution in [1.82, 2.24) is 14.5 Å². The molecule has 6 heteroatoms. The highest BCUT2D eigenvalue weighted by Crippen LogP contribution is 2.12. The van der Waals surface area contributed by atoms with Crippen molar-refractivity contribution in [2.45, 2.75) is 38.8 Å². The molecule has 2 aromatic rings. The fourth-order valence-electron chi connectivity index (χ4n) is 3.11. The molecule has 2 N–H and O–H groups in total. The topological polar surface area (TPSA) is 81.2 Å². The van der Waals surface area contributed by atoms with Crippen LogP contribution in [-0.2, 0) is 11.3 Å². The van der Waals surface area contributed by atoms with E-state index >= 15 is 0 Å². The zero-order valence-corrected chi connectivity index (χ0v) is 13.4. The number of nitrogens with two attached hydrogens (primary N) is 1. The third-order valence-electron chi connectivity index (χ3n) is 4.43. The maximum absolute atomic E-state index is 12.5. The molecule has 0 aliphatic carbocycles. The number of likely N-dealkylation sites (tertiary alicyclic amines) is 1. The molecule has 122 valence electrons. The van der Waals surface area contributed by atoms with E-state index in [-0.39, 0.29) is 17.5 Å². The molecular weight excluding hydrogens is 292 g/mol. The molecule has 6 nitrogen and oxygen atoms in total. The van der Waals surface area contributed by atoms with E-state index < -0.39 is 0 Å². The number of rotatable bonds is 3. The molecule has 0 bridgehead atoms. The number of para-hydroxylation sites is 1. The minimum atomic E-state index is -0.0955. The van der Waals surface area contributed by atoms with Gasteiger partial charge in [-0.05, 0) is 31.4 Å². The van der Waals surface area contributed by atoms with Gasteiger partial charge in [0.25, 0.3) is 5.56 Å². The Balaban J connectivity index is 1.73. The van der Waals surface area contributed by atoms with E-state index in [1.807, 2.05) is 19.1 Å². The largest absolute Gasteiger partial charge is 0.341 e. The van der Waals surface area contributed by atoms with Crippen LogP contribution in [-0.4, -0.2) is 39.5 Å². The summed E-state index contributed by atoms with van der Waals surface area (Å²) in [5, 5.41) is 0.597. The fraction of sp³-hybridized carbons (Fsp3) is 0.471. The number of fused-ring (bicyclic) bond motifs is 1. The summed E-state index contributed by atoms with van der Waals surface area (Å²) in [5.74, 6) is 0.0522. The van der Waals surface area contributed by atoms with Gasteiger partial charge in [0.05, 0.1) is 17.2 Å². The van der Waals surface area contributed by atoms with E-state index in [0.29, 0.717) is 24.9 Å². The molecule has 0 saturated carbocycles. The van der Waals surface area contributed by atoms with E-state index in [1.54, 1.807) is 11.0 Å². The Morgan fingerprint density at radius 2 is 2.26 bits per heavy atom. The maximum Gasteiger partial charge on any atom is 0.261 e. The van der Waals surface area contributed by atoms with Crippen LogP contribution in [0.3, 0.4) is 0 Å². The first kappa shape index (κ1) is 15.7. The van der Waals surface area contributed by atoms with Gasteiger partial charge in [0.2, 0.25) is 5.91 Å². The first-order valence-corrected chi connectivity index (χ1v) is 8.04. The van der Waals surface area contributed by atoms with Crippen molar-refractivity contribution >= 4 is 16.8 Å². The predicted molar refractivity (Wildman–Crippen MR) is 89.1 cm³/mol. The highest BCUT2D eigenvalue weighted by Gasteiger charge is 2.21. The molecule has 1 fully saturated rings. The molecular formula is C17H22N4O2. The number of hydrogen-bond acceptors (Lipinski definition) is 4. The lowest BCUT2D eigenvalue weighted by Gasteiger charge is -2.30. The van der Waals surface area contributed by atoms with Crippen LogP contribution in [0, 0.1) is 6.92 Å². The lowest BCUT2D eigenvalue weighted by Crippen LogP contribution is -2.46. The monoisotopic (exact) mass is 314 g/mol. The minimum absolute atomic E-state index is 0.0522. The number of nitrogens with zero attached hydrogens (tertiary/aromatic N) is 3. The first-order valence-electron chi connectivity index (χ1n) is 8.04. The van der Waals surface area contributed by atoms with Crippen LogP contribution in [0.15, 0.2) is 29.3 Å². The molecule has 23 heavy (non-hydrogen) atoms. The number of carbonyl (C=O) groups is 1. The highest BCUT2D eigenvalue weighted by atomic mass is 16.2.